The summed E-state index contributed by atoms with van der Waals surface area (Å²) in [6.45, 7) is 7.38. The molecule has 9 N–H and O–H groups in total. The smallest absolute Gasteiger partial charge is 0.326 e. The Morgan fingerprint density at radius 1 is 0.788 bits per heavy atom. The predicted molar refractivity (Wildman–Crippen MR) is 121 cm³/mol. The van der Waals surface area contributed by atoms with Crippen LogP contribution in [0.3, 0.4) is 0 Å². The summed E-state index contributed by atoms with van der Waals surface area (Å²) in [5, 5.41) is 25.7. The summed E-state index contributed by atoms with van der Waals surface area (Å²) in [6.07, 6.45) is 0.652. The first-order valence-corrected chi connectivity index (χ1v) is 11.1. The van der Waals surface area contributed by atoms with Gasteiger partial charge < -0.3 is 37.6 Å². The maximum absolute atomic E-state index is 12.8. The molecule has 4 atom stereocenters. The third-order valence-electron chi connectivity index (χ3n) is 4.93. The van der Waals surface area contributed by atoms with Gasteiger partial charge in [0, 0.05) is 0 Å². The molecule has 0 spiro atoms. The molecule has 0 saturated carbocycles. The van der Waals surface area contributed by atoms with E-state index >= 15 is 0 Å². The van der Waals surface area contributed by atoms with E-state index in [9.17, 15) is 29.1 Å². The SMILES string of the molecule is CC(C)CC(NC(=O)C(CCCCN)NC(=O)C(CC(=O)O)NC(=O)C(N)C(C)C)C(=O)O. The maximum atomic E-state index is 12.8. The van der Waals surface area contributed by atoms with Gasteiger partial charge in [0.05, 0.1) is 12.5 Å². The van der Waals surface area contributed by atoms with Crippen LogP contribution in [0.25, 0.3) is 0 Å². The zero-order valence-corrected chi connectivity index (χ0v) is 19.8. The summed E-state index contributed by atoms with van der Waals surface area (Å²) < 4.78 is 0. The number of hydrogen-bond donors (Lipinski definition) is 7. The number of nitrogens with two attached hydrogens (primary N) is 2. The van der Waals surface area contributed by atoms with E-state index in [1.807, 2.05) is 13.8 Å². The number of rotatable bonds is 16. The molecule has 190 valence electrons. The van der Waals surface area contributed by atoms with Gasteiger partial charge in [-0.1, -0.05) is 27.7 Å². The highest BCUT2D eigenvalue weighted by molar-refractivity contribution is 5.95. The van der Waals surface area contributed by atoms with Gasteiger partial charge in [0.25, 0.3) is 0 Å². The standard InChI is InChI=1S/C21H39N5O7/c1-11(2)9-15(21(32)33)26-18(29)13(7-5-6-8-22)24-19(30)14(10-16(27)28)25-20(31)17(23)12(3)4/h11-15,17H,5-10,22-23H2,1-4H3,(H,24,30)(H,25,31)(H,26,29)(H,27,28)(H,32,33). The maximum Gasteiger partial charge on any atom is 0.326 e. The van der Waals surface area contributed by atoms with Crippen LogP contribution in [-0.4, -0.2) is 70.6 Å². The van der Waals surface area contributed by atoms with Crippen molar-refractivity contribution in [2.24, 2.45) is 23.3 Å². The number of aliphatic carboxylic acids is 2. The van der Waals surface area contributed by atoms with Gasteiger partial charge in [-0.15, -0.1) is 0 Å². The zero-order valence-electron chi connectivity index (χ0n) is 19.8. The number of carboxylic acids is 2. The van der Waals surface area contributed by atoms with Gasteiger partial charge in [-0.2, -0.15) is 0 Å². The molecule has 0 fully saturated rings. The Balaban J connectivity index is 5.54. The molecule has 0 radical (unpaired) electrons. The molecule has 0 rings (SSSR count). The van der Waals surface area contributed by atoms with Crippen molar-refractivity contribution in [1.29, 1.82) is 0 Å². The Morgan fingerprint density at radius 2 is 1.30 bits per heavy atom. The van der Waals surface area contributed by atoms with Crippen molar-refractivity contribution < 1.29 is 34.2 Å². The molecule has 0 aromatic carbocycles. The van der Waals surface area contributed by atoms with Crippen molar-refractivity contribution >= 4 is 29.7 Å². The first-order chi connectivity index (χ1) is 15.3. The van der Waals surface area contributed by atoms with Crippen molar-refractivity contribution in [3.05, 3.63) is 0 Å². The summed E-state index contributed by atoms with van der Waals surface area (Å²) in [5.74, 6) is -5.08. The minimum Gasteiger partial charge on any atom is -0.481 e. The highest BCUT2D eigenvalue weighted by Crippen LogP contribution is 2.08. The molecular formula is C21H39N5O7. The molecule has 3 amide bonds. The van der Waals surface area contributed by atoms with Gasteiger partial charge >= 0.3 is 11.9 Å². The van der Waals surface area contributed by atoms with E-state index in [-0.39, 0.29) is 24.7 Å². The van der Waals surface area contributed by atoms with Gasteiger partial charge in [-0.25, -0.2) is 4.79 Å². The number of carbonyl (C=O) groups is 5. The van der Waals surface area contributed by atoms with E-state index in [0.29, 0.717) is 19.4 Å². The summed E-state index contributed by atoms with van der Waals surface area (Å²) in [5.41, 5.74) is 11.3. The summed E-state index contributed by atoms with van der Waals surface area (Å²) in [6, 6.07) is -4.70. The van der Waals surface area contributed by atoms with E-state index in [4.69, 9.17) is 16.6 Å². The fourth-order valence-electron chi connectivity index (χ4n) is 2.95. The Morgan fingerprint density at radius 3 is 1.76 bits per heavy atom. The monoisotopic (exact) mass is 473 g/mol. The Labute approximate surface area is 194 Å². The molecule has 4 unspecified atom stereocenters. The highest BCUT2D eigenvalue weighted by Gasteiger charge is 2.31. The molecule has 0 aliphatic carbocycles. The minimum atomic E-state index is -1.46. The van der Waals surface area contributed by atoms with Crippen molar-refractivity contribution in [2.75, 3.05) is 6.54 Å². The Kier molecular flexibility index (Phi) is 13.9. The molecule has 0 heterocycles. The van der Waals surface area contributed by atoms with Gasteiger partial charge in [0.15, 0.2) is 0 Å². The largest absolute Gasteiger partial charge is 0.481 e. The second-order valence-corrected chi connectivity index (χ2v) is 8.80. The van der Waals surface area contributed by atoms with Crippen LogP contribution in [0.1, 0.15) is 59.8 Å². The van der Waals surface area contributed by atoms with Crippen LogP contribution >= 0.6 is 0 Å². The van der Waals surface area contributed by atoms with Gasteiger partial charge in [-0.05, 0) is 44.1 Å². The summed E-state index contributed by atoms with van der Waals surface area (Å²) in [4.78, 5) is 60.6. The van der Waals surface area contributed by atoms with E-state index in [1.165, 1.54) is 0 Å². The number of unbranched alkanes of at least 4 members (excludes halogenated alkanes) is 1. The molecule has 0 aliphatic heterocycles. The predicted octanol–water partition coefficient (Wildman–Crippen LogP) is -0.841. The second-order valence-electron chi connectivity index (χ2n) is 8.80. The van der Waals surface area contributed by atoms with Gasteiger partial charge in [0.2, 0.25) is 17.7 Å². The lowest BCUT2D eigenvalue weighted by Crippen LogP contribution is -2.58. The fourth-order valence-corrected chi connectivity index (χ4v) is 2.95. The number of carbonyl (C=O) groups excluding carboxylic acids is 3. The second kappa shape index (κ2) is 15.2. The lowest BCUT2D eigenvalue weighted by Gasteiger charge is -2.25. The summed E-state index contributed by atoms with van der Waals surface area (Å²) in [7, 11) is 0. The molecule has 0 aliphatic rings. The van der Waals surface area contributed by atoms with Crippen LogP contribution in [0.15, 0.2) is 0 Å². The molecule has 12 heteroatoms. The molecule has 33 heavy (non-hydrogen) atoms. The van der Waals surface area contributed by atoms with Crippen molar-refractivity contribution in [3.8, 4) is 0 Å². The Hall–Kier alpha value is -2.73. The quantitative estimate of drug-likeness (QED) is 0.139. The highest BCUT2D eigenvalue weighted by atomic mass is 16.4. The van der Waals surface area contributed by atoms with Gasteiger partial charge in [0.1, 0.15) is 18.1 Å². The molecule has 0 saturated heterocycles. The van der Waals surface area contributed by atoms with Gasteiger partial charge in [-0.3, -0.25) is 19.2 Å². The van der Waals surface area contributed by atoms with E-state index in [0.717, 1.165) is 0 Å². The number of hydrogen-bond acceptors (Lipinski definition) is 7. The first kappa shape index (κ1) is 30.3. The summed E-state index contributed by atoms with van der Waals surface area (Å²) >= 11 is 0. The molecule has 0 aromatic heterocycles. The molecule has 0 aromatic rings. The van der Waals surface area contributed by atoms with E-state index < -0.39 is 60.2 Å². The van der Waals surface area contributed by atoms with E-state index in [1.54, 1.807) is 13.8 Å². The van der Waals surface area contributed by atoms with Crippen LogP contribution in [0.5, 0.6) is 0 Å². The number of amides is 3. The fraction of sp³-hybridized carbons (Fsp3) is 0.762. The lowest BCUT2D eigenvalue weighted by molar-refractivity contribution is -0.143. The average Bonchev–Trinajstić information content (AvgIpc) is 2.70. The molecule has 0 bridgehead atoms. The van der Waals surface area contributed by atoms with Crippen LogP contribution in [0.2, 0.25) is 0 Å². The van der Waals surface area contributed by atoms with Crippen LogP contribution in [0.4, 0.5) is 0 Å². The first-order valence-electron chi connectivity index (χ1n) is 11.1. The van der Waals surface area contributed by atoms with Crippen molar-refractivity contribution in [3.63, 3.8) is 0 Å². The Bertz CT molecular complexity index is 684. The van der Waals surface area contributed by atoms with Crippen LogP contribution in [-0.2, 0) is 24.0 Å². The number of carboxylic acid groups (broad SMARTS) is 2. The zero-order chi connectivity index (χ0) is 25.7. The topological polar surface area (TPSA) is 214 Å². The third kappa shape index (κ3) is 12.2. The molecular weight excluding hydrogens is 434 g/mol. The third-order valence-corrected chi connectivity index (χ3v) is 4.93. The van der Waals surface area contributed by atoms with E-state index in [2.05, 4.69) is 16.0 Å². The van der Waals surface area contributed by atoms with Crippen molar-refractivity contribution in [1.82, 2.24) is 16.0 Å². The molecule has 12 nitrogen and oxygen atoms in total. The minimum absolute atomic E-state index is 0.00277. The number of nitrogens with one attached hydrogen (secondary N) is 3. The van der Waals surface area contributed by atoms with Crippen LogP contribution in [0, 0.1) is 11.8 Å². The normalized spacial score (nSPS) is 14.8. The van der Waals surface area contributed by atoms with Crippen molar-refractivity contribution in [2.45, 2.75) is 84.0 Å². The average molecular weight is 474 g/mol. The van der Waals surface area contributed by atoms with Crippen LogP contribution < -0.4 is 27.4 Å². The lowest BCUT2D eigenvalue weighted by atomic mass is 10.0.